The van der Waals surface area contributed by atoms with Crippen molar-refractivity contribution >= 4 is 27.3 Å². The first-order chi connectivity index (χ1) is 7.31. The van der Waals surface area contributed by atoms with Crippen LogP contribution in [0.3, 0.4) is 0 Å². The summed E-state index contributed by atoms with van der Waals surface area (Å²) in [4.78, 5) is 9.30. The van der Waals surface area contributed by atoms with Crippen LogP contribution in [0.15, 0.2) is 34.6 Å². The van der Waals surface area contributed by atoms with Gasteiger partial charge < -0.3 is 5.32 Å². The van der Waals surface area contributed by atoms with E-state index in [1.807, 2.05) is 25.5 Å². The van der Waals surface area contributed by atoms with E-state index in [0.717, 1.165) is 9.35 Å². The fourth-order valence-electron chi connectivity index (χ4n) is 1.42. The summed E-state index contributed by atoms with van der Waals surface area (Å²) in [5.41, 5.74) is 1.08. The lowest BCUT2D eigenvalue weighted by Gasteiger charge is -2.13. The molecule has 0 fully saturated rings. The van der Waals surface area contributed by atoms with Gasteiger partial charge in [-0.05, 0) is 35.1 Å². The summed E-state index contributed by atoms with van der Waals surface area (Å²) >= 11 is 5.18. The molecule has 0 saturated carbocycles. The van der Waals surface area contributed by atoms with Crippen molar-refractivity contribution in [1.82, 2.24) is 15.3 Å². The minimum atomic E-state index is 0.169. The van der Waals surface area contributed by atoms with E-state index in [0.29, 0.717) is 0 Å². The molecule has 0 saturated heterocycles. The van der Waals surface area contributed by atoms with Crippen LogP contribution >= 0.6 is 27.3 Å². The number of hydrogen-bond donors (Lipinski definition) is 1. The van der Waals surface area contributed by atoms with Gasteiger partial charge in [-0.1, -0.05) is 0 Å². The molecule has 0 bridgehead atoms. The Kier molecular flexibility index (Phi) is 3.45. The summed E-state index contributed by atoms with van der Waals surface area (Å²) in [7, 11) is 1.94. The van der Waals surface area contributed by atoms with E-state index in [-0.39, 0.29) is 6.04 Å². The molecule has 3 nitrogen and oxygen atoms in total. The van der Waals surface area contributed by atoms with Crippen molar-refractivity contribution in [3.8, 4) is 0 Å². The Morgan fingerprint density at radius 3 is 2.60 bits per heavy atom. The fraction of sp³-hybridized carbons (Fsp3) is 0.200. The third-order valence-electron chi connectivity index (χ3n) is 2.08. The Balaban J connectivity index is 2.33. The first-order valence-electron chi connectivity index (χ1n) is 4.48. The van der Waals surface area contributed by atoms with E-state index in [9.17, 15) is 0 Å². The minimum Gasteiger partial charge on any atom is -0.309 e. The van der Waals surface area contributed by atoms with E-state index in [4.69, 9.17) is 0 Å². The first-order valence-corrected chi connectivity index (χ1v) is 6.09. The summed E-state index contributed by atoms with van der Waals surface area (Å²) < 4.78 is 1.13. The molecule has 0 amide bonds. The zero-order valence-electron chi connectivity index (χ0n) is 8.14. The Bertz CT molecular complexity index is 429. The monoisotopic (exact) mass is 283 g/mol. The Labute approximate surface area is 101 Å². The van der Waals surface area contributed by atoms with Gasteiger partial charge in [-0.25, -0.2) is 9.97 Å². The Morgan fingerprint density at radius 1 is 1.33 bits per heavy atom. The molecule has 1 unspecified atom stereocenters. The van der Waals surface area contributed by atoms with Crippen LogP contribution in [0.25, 0.3) is 0 Å². The predicted octanol–water partition coefficient (Wildman–Crippen LogP) is 2.61. The molecule has 0 aliphatic heterocycles. The van der Waals surface area contributed by atoms with Gasteiger partial charge in [0.25, 0.3) is 0 Å². The maximum absolute atomic E-state index is 4.03. The number of nitrogens with zero attached hydrogens (tertiary/aromatic N) is 2. The second-order valence-corrected chi connectivity index (χ2v) is 5.53. The van der Waals surface area contributed by atoms with Crippen molar-refractivity contribution in [2.45, 2.75) is 6.04 Å². The molecule has 2 aromatic rings. The van der Waals surface area contributed by atoms with Gasteiger partial charge in [0.1, 0.15) is 6.33 Å². The van der Waals surface area contributed by atoms with Crippen molar-refractivity contribution in [2.75, 3.05) is 7.05 Å². The molecule has 1 N–H and O–H groups in total. The predicted molar refractivity (Wildman–Crippen MR) is 65.0 cm³/mol. The number of nitrogens with one attached hydrogen (secondary N) is 1. The molecule has 2 rings (SSSR count). The lowest BCUT2D eigenvalue weighted by Crippen LogP contribution is -2.16. The molecule has 5 heteroatoms. The average molecular weight is 284 g/mol. The van der Waals surface area contributed by atoms with Gasteiger partial charge in [0, 0.05) is 22.8 Å². The summed E-state index contributed by atoms with van der Waals surface area (Å²) in [6.07, 6.45) is 5.21. The van der Waals surface area contributed by atoms with Crippen LogP contribution in [-0.2, 0) is 0 Å². The molecule has 0 spiro atoms. The van der Waals surface area contributed by atoms with Gasteiger partial charge >= 0.3 is 0 Å². The van der Waals surface area contributed by atoms with Crippen molar-refractivity contribution in [1.29, 1.82) is 0 Å². The summed E-state index contributed by atoms with van der Waals surface area (Å²) in [6.45, 7) is 0. The molecular weight excluding hydrogens is 274 g/mol. The number of halogens is 1. The quantitative estimate of drug-likeness (QED) is 0.941. The largest absolute Gasteiger partial charge is 0.309 e. The highest BCUT2D eigenvalue weighted by Crippen LogP contribution is 2.30. The highest BCUT2D eigenvalue weighted by atomic mass is 79.9. The number of rotatable bonds is 3. The van der Waals surface area contributed by atoms with Crippen LogP contribution in [-0.4, -0.2) is 17.0 Å². The third kappa shape index (κ3) is 2.42. The molecule has 0 aliphatic carbocycles. The van der Waals surface area contributed by atoms with Crippen molar-refractivity contribution in [3.05, 3.63) is 45.1 Å². The van der Waals surface area contributed by atoms with Crippen LogP contribution in [0.2, 0.25) is 0 Å². The highest BCUT2D eigenvalue weighted by Gasteiger charge is 2.14. The highest BCUT2D eigenvalue weighted by molar-refractivity contribution is 9.11. The molecule has 2 heterocycles. The van der Waals surface area contributed by atoms with Gasteiger partial charge in [-0.15, -0.1) is 11.3 Å². The van der Waals surface area contributed by atoms with Gasteiger partial charge in [0.2, 0.25) is 0 Å². The van der Waals surface area contributed by atoms with Crippen LogP contribution in [0, 0.1) is 0 Å². The maximum atomic E-state index is 4.03. The Hall–Kier alpha value is -0.780. The molecule has 2 aromatic heterocycles. The summed E-state index contributed by atoms with van der Waals surface area (Å²) in [5, 5.41) is 3.26. The normalized spacial score (nSPS) is 12.7. The zero-order valence-corrected chi connectivity index (χ0v) is 10.5. The maximum Gasteiger partial charge on any atom is 0.115 e. The second-order valence-electron chi connectivity index (χ2n) is 3.04. The standard InChI is InChI=1S/C10H10BrN3S/c1-12-10(7-4-13-6-14-5-7)8-2-3-9(11)15-8/h2-6,10,12H,1H3. The molecule has 1 atom stereocenters. The molecule has 15 heavy (non-hydrogen) atoms. The lowest BCUT2D eigenvalue weighted by molar-refractivity contribution is 0.696. The SMILES string of the molecule is CNC(c1cncnc1)c1ccc(Br)s1. The van der Waals surface area contributed by atoms with E-state index in [1.54, 1.807) is 17.7 Å². The van der Waals surface area contributed by atoms with Gasteiger partial charge in [0.05, 0.1) is 9.83 Å². The van der Waals surface area contributed by atoms with Crippen molar-refractivity contribution in [3.63, 3.8) is 0 Å². The van der Waals surface area contributed by atoms with E-state index < -0.39 is 0 Å². The molecule has 0 aliphatic rings. The van der Waals surface area contributed by atoms with Crippen LogP contribution < -0.4 is 5.32 Å². The third-order valence-corrected chi connectivity index (χ3v) is 3.77. The molecule has 0 aromatic carbocycles. The lowest BCUT2D eigenvalue weighted by atomic mass is 10.1. The number of thiophene rings is 1. The topological polar surface area (TPSA) is 37.8 Å². The summed E-state index contributed by atoms with van der Waals surface area (Å²) in [6, 6.07) is 4.32. The van der Waals surface area contributed by atoms with Crippen molar-refractivity contribution < 1.29 is 0 Å². The first kappa shape index (κ1) is 10.7. The van der Waals surface area contributed by atoms with E-state index in [2.05, 4.69) is 37.3 Å². The fourth-order valence-corrected chi connectivity index (χ4v) is 2.98. The number of hydrogen-bond acceptors (Lipinski definition) is 4. The van der Waals surface area contributed by atoms with Gasteiger partial charge in [0.15, 0.2) is 0 Å². The van der Waals surface area contributed by atoms with Crippen LogP contribution in [0.4, 0.5) is 0 Å². The number of aromatic nitrogens is 2. The van der Waals surface area contributed by atoms with E-state index >= 15 is 0 Å². The second kappa shape index (κ2) is 4.83. The van der Waals surface area contributed by atoms with Crippen LogP contribution in [0.1, 0.15) is 16.5 Å². The molecule has 0 radical (unpaired) electrons. The van der Waals surface area contributed by atoms with Gasteiger partial charge in [-0.2, -0.15) is 0 Å². The smallest absolute Gasteiger partial charge is 0.115 e. The van der Waals surface area contributed by atoms with Crippen molar-refractivity contribution in [2.24, 2.45) is 0 Å². The molecule has 78 valence electrons. The summed E-state index contributed by atoms with van der Waals surface area (Å²) in [5.74, 6) is 0. The molecular formula is C10H10BrN3S. The van der Waals surface area contributed by atoms with E-state index in [1.165, 1.54) is 4.88 Å². The van der Waals surface area contributed by atoms with Gasteiger partial charge in [-0.3, -0.25) is 0 Å². The zero-order chi connectivity index (χ0) is 10.7. The van der Waals surface area contributed by atoms with Crippen LogP contribution in [0.5, 0.6) is 0 Å². The average Bonchev–Trinajstić information content (AvgIpc) is 2.68. The minimum absolute atomic E-state index is 0.169. The Morgan fingerprint density at radius 2 is 2.07 bits per heavy atom.